The molecule has 0 aromatic carbocycles. The number of hydrogen-bond donors (Lipinski definition) is 3. The van der Waals surface area contributed by atoms with Gasteiger partial charge in [-0.15, -0.1) is 0 Å². The summed E-state index contributed by atoms with van der Waals surface area (Å²) in [5, 5.41) is 10.9. The highest BCUT2D eigenvalue weighted by molar-refractivity contribution is 5.86. The van der Waals surface area contributed by atoms with Gasteiger partial charge >= 0.3 is 5.97 Å². The Labute approximate surface area is 87.8 Å². The van der Waals surface area contributed by atoms with Crippen LogP contribution in [0.2, 0.25) is 0 Å². The van der Waals surface area contributed by atoms with Crippen molar-refractivity contribution in [1.29, 1.82) is 0 Å². The zero-order valence-corrected chi connectivity index (χ0v) is 8.82. The molecule has 6 nitrogen and oxygen atoms in total. The third-order valence-corrected chi connectivity index (χ3v) is 1.98. The molecule has 0 aliphatic heterocycles. The average Bonchev–Trinajstić information content (AvgIpc) is 2.13. The van der Waals surface area contributed by atoms with E-state index in [9.17, 15) is 14.4 Å². The number of carboxylic acids is 1. The first kappa shape index (κ1) is 13.6. The SMILES string of the molecule is CC(=O)NCC(=O)CC(C)[C@H](N)C(=O)O. The summed E-state index contributed by atoms with van der Waals surface area (Å²) in [6.07, 6.45) is 0.0494. The van der Waals surface area contributed by atoms with Crippen molar-refractivity contribution in [2.24, 2.45) is 11.7 Å². The van der Waals surface area contributed by atoms with Crippen molar-refractivity contribution in [2.45, 2.75) is 26.3 Å². The molecule has 1 amide bonds. The predicted octanol–water partition coefficient (Wildman–Crippen LogP) is -0.870. The van der Waals surface area contributed by atoms with Gasteiger partial charge in [0.15, 0.2) is 5.78 Å². The van der Waals surface area contributed by atoms with E-state index in [1.54, 1.807) is 6.92 Å². The fraction of sp³-hybridized carbons (Fsp3) is 0.667. The molecule has 86 valence electrons. The Bertz CT molecular complexity index is 265. The summed E-state index contributed by atoms with van der Waals surface area (Å²) in [5.74, 6) is -2.09. The van der Waals surface area contributed by atoms with Crippen molar-refractivity contribution in [3.63, 3.8) is 0 Å². The van der Waals surface area contributed by atoms with E-state index in [2.05, 4.69) is 5.32 Å². The van der Waals surface area contributed by atoms with Gasteiger partial charge in [-0.1, -0.05) is 6.92 Å². The van der Waals surface area contributed by atoms with Crippen LogP contribution in [0.4, 0.5) is 0 Å². The van der Waals surface area contributed by atoms with E-state index in [1.165, 1.54) is 6.92 Å². The number of rotatable bonds is 6. The first-order valence-electron chi connectivity index (χ1n) is 4.59. The molecule has 0 fully saturated rings. The van der Waals surface area contributed by atoms with Crippen molar-refractivity contribution in [3.05, 3.63) is 0 Å². The molecule has 0 heterocycles. The van der Waals surface area contributed by atoms with E-state index < -0.39 is 17.9 Å². The minimum atomic E-state index is -1.13. The summed E-state index contributed by atoms with van der Waals surface area (Å²) in [6.45, 7) is 2.82. The second kappa shape index (κ2) is 6.13. The first-order chi connectivity index (χ1) is 6.84. The van der Waals surface area contributed by atoms with Crippen molar-refractivity contribution in [3.8, 4) is 0 Å². The normalized spacial score (nSPS) is 14.1. The number of carboxylic acid groups (broad SMARTS) is 1. The van der Waals surface area contributed by atoms with Crippen LogP contribution >= 0.6 is 0 Å². The van der Waals surface area contributed by atoms with Crippen LogP contribution in [-0.4, -0.2) is 35.4 Å². The molecular weight excluding hydrogens is 200 g/mol. The lowest BCUT2D eigenvalue weighted by molar-refractivity contribution is -0.140. The molecule has 0 radical (unpaired) electrons. The summed E-state index contributed by atoms with van der Waals surface area (Å²) in [7, 11) is 0. The lowest BCUT2D eigenvalue weighted by atomic mass is 9.97. The van der Waals surface area contributed by atoms with Crippen LogP contribution in [0.15, 0.2) is 0 Å². The van der Waals surface area contributed by atoms with E-state index >= 15 is 0 Å². The summed E-state index contributed by atoms with van der Waals surface area (Å²) < 4.78 is 0. The maximum Gasteiger partial charge on any atom is 0.320 e. The fourth-order valence-corrected chi connectivity index (χ4v) is 1.02. The molecule has 4 N–H and O–H groups in total. The van der Waals surface area contributed by atoms with Crippen LogP contribution in [0.25, 0.3) is 0 Å². The van der Waals surface area contributed by atoms with Crippen LogP contribution < -0.4 is 11.1 Å². The Kier molecular flexibility index (Phi) is 5.54. The molecule has 15 heavy (non-hydrogen) atoms. The van der Waals surface area contributed by atoms with Crippen LogP contribution in [-0.2, 0) is 14.4 Å². The highest BCUT2D eigenvalue weighted by Crippen LogP contribution is 2.06. The number of hydrogen-bond acceptors (Lipinski definition) is 4. The molecule has 1 unspecified atom stereocenters. The Morgan fingerprint density at radius 1 is 1.40 bits per heavy atom. The summed E-state index contributed by atoms with van der Waals surface area (Å²) in [4.78, 5) is 32.2. The Morgan fingerprint density at radius 3 is 2.33 bits per heavy atom. The lowest BCUT2D eigenvalue weighted by Gasteiger charge is -2.14. The molecule has 0 aromatic heterocycles. The third kappa shape index (κ3) is 5.79. The van der Waals surface area contributed by atoms with Gasteiger partial charge in [-0.25, -0.2) is 0 Å². The smallest absolute Gasteiger partial charge is 0.320 e. The molecule has 0 saturated carbocycles. The maximum atomic E-state index is 11.2. The number of nitrogens with one attached hydrogen (secondary N) is 1. The second-order valence-electron chi connectivity index (χ2n) is 3.49. The largest absolute Gasteiger partial charge is 0.480 e. The number of aliphatic carboxylic acids is 1. The van der Waals surface area contributed by atoms with Crippen molar-refractivity contribution >= 4 is 17.7 Å². The number of carbonyl (C=O) groups is 3. The fourth-order valence-electron chi connectivity index (χ4n) is 1.02. The van der Waals surface area contributed by atoms with Gasteiger partial charge in [0.1, 0.15) is 6.04 Å². The quantitative estimate of drug-likeness (QED) is 0.534. The van der Waals surface area contributed by atoms with E-state index in [0.29, 0.717) is 0 Å². The van der Waals surface area contributed by atoms with Crippen LogP contribution in [0.1, 0.15) is 20.3 Å². The molecule has 2 atom stereocenters. The van der Waals surface area contributed by atoms with Crippen LogP contribution in [0.5, 0.6) is 0 Å². The number of nitrogens with two attached hydrogens (primary N) is 1. The second-order valence-corrected chi connectivity index (χ2v) is 3.49. The lowest BCUT2D eigenvalue weighted by Crippen LogP contribution is -2.38. The van der Waals surface area contributed by atoms with E-state index in [1.807, 2.05) is 0 Å². The van der Waals surface area contributed by atoms with Gasteiger partial charge in [0.05, 0.1) is 6.54 Å². The Balaban J connectivity index is 3.96. The topological polar surface area (TPSA) is 109 Å². The van der Waals surface area contributed by atoms with Crippen molar-refractivity contribution < 1.29 is 19.5 Å². The molecule has 0 aliphatic carbocycles. The molecule has 0 saturated heterocycles. The monoisotopic (exact) mass is 216 g/mol. The maximum absolute atomic E-state index is 11.2. The van der Waals surface area contributed by atoms with E-state index in [4.69, 9.17) is 10.8 Å². The number of carbonyl (C=O) groups excluding carboxylic acids is 2. The molecule has 0 aliphatic rings. The van der Waals surface area contributed by atoms with Gasteiger partial charge < -0.3 is 16.2 Å². The van der Waals surface area contributed by atoms with Crippen LogP contribution in [0.3, 0.4) is 0 Å². The zero-order chi connectivity index (χ0) is 12.0. The Hall–Kier alpha value is -1.43. The standard InChI is InChI=1S/C9H16N2O4/c1-5(8(10)9(14)15)3-7(13)4-11-6(2)12/h5,8H,3-4,10H2,1-2H3,(H,11,12)(H,14,15)/t5?,8-/m0/s1. The third-order valence-electron chi connectivity index (χ3n) is 1.98. The summed E-state index contributed by atoms with van der Waals surface area (Å²) in [5.41, 5.74) is 5.33. The minimum absolute atomic E-state index is 0.0494. The van der Waals surface area contributed by atoms with E-state index in [0.717, 1.165) is 0 Å². The van der Waals surface area contributed by atoms with Gasteiger partial charge in [0, 0.05) is 13.3 Å². The summed E-state index contributed by atoms with van der Waals surface area (Å²) >= 11 is 0. The van der Waals surface area contributed by atoms with Crippen molar-refractivity contribution in [1.82, 2.24) is 5.32 Å². The van der Waals surface area contributed by atoms with Gasteiger partial charge in [-0.05, 0) is 5.92 Å². The average molecular weight is 216 g/mol. The first-order valence-corrected chi connectivity index (χ1v) is 4.59. The Morgan fingerprint density at radius 2 is 1.93 bits per heavy atom. The molecule has 0 spiro atoms. The summed E-state index contributed by atoms with van der Waals surface area (Å²) in [6, 6.07) is -1.05. The van der Waals surface area contributed by atoms with Gasteiger partial charge in [0.2, 0.25) is 5.91 Å². The molecule has 0 rings (SSSR count). The van der Waals surface area contributed by atoms with E-state index in [-0.39, 0.29) is 24.7 Å². The molecule has 0 aromatic rings. The predicted molar refractivity (Wildman–Crippen MR) is 53.1 cm³/mol. The number of ketones is 1. The highest BCUT2D eigenvalue weighted by Gasteiger charge is 2.22. The van der Waals surface area contributed by atoms with Gasteiger partial charge in [-0.3, -0.25) is 14.4 Å². The van der Waals surface area contributed by atoms with Gasteiger partial charge in [0.25, 0.3) is 0 Å². The number of amides is 1. The minimum Gasteiger partial charge on any atom is -0.480 e. The van der Waals surface area contributed by atoms with Crippen LogP contribution in [0, 0.1) is 5.92 Å². The van der Waals surface area contributed by atoms with Crippen molar-refractivity contribution in [2.75, 3.05) is 6.54 Å². The van der Waals surface area contributed by atoms with Gasteiger partial charge in [-0.2, -0.15) is 0 Å². The molecule has 6 heteroatoms. The molecule has 0 bridgehead atoms. The number of Topliss-reactive ketones (excluding diaryl/α,β-unsaturated/α-hetero) is 1. The molecular formula is C9H16N2O4. The zero-order valence-electron chi connectivity index (χ0n) is 8.82. The highest BCUT2D eigenvalue weighted by atomic mass is 16.4.